The van der Waals surface area contributed by atoms with Crippen molar-refractivity contribution in [2.24, 2.45) is 4.99 Å². The largest absolute Gasteiger partial charge is 0.248 e. The summed E-state index contributed by atoms with van der Waals surface area (Å²) in [4.78, 5) is 5.07. The van der Waals surface area contributed by atoms with Crippen molar-refractivity contribution >= 4 is 32.9 Å². The fraction of sp³-hybridized carbons (Fsp3) is 0.0741. The molecule has 0 atom stereocenters. The summed E-state index contributed by atoms with van der Waals surface area (Å²) in [5, 5.41) is 4.90. The van der Waals surface area contributed by atoms with Gasteiger partial charge in [0.25, 0.3) is 0 Å². The average Bonchev–Trinajstić information content (AvgIpc) is 2.75. The third-order valence-electron chi connectivity index (χ3n) is 4.93. The van der Waals surface area contributed by atoms with Crippen LogP contribution < -0.4 is 0 Å². The van der Waals surface area contributed by atoms with Gasteiger partial charge in [0.2, 0.25) is 0 Å². The lowest BCUT2D eigenvalue weighted by Crippen LogP contribution is -2.03. The van der Waals surface area contributed by atoms with Gasteiger partial charge in [-0.3, -0.25) is 0 Å². The molecule has 0 spiro atoms. The van der Waals surface area contributed by atoms with Gasteiger partial charge in [-0.1, -0.05) is 85.0 Å². The molecule has 1 nitrogen and oxygen atoms in total. The number of allylic oxidation sites excluding steroid dienone is 4. The van der Waals surface area contributed by atoms with E-state index < -0.39 is 0 Å². The SMILES string of the molecule is C\C=C/C(=C\C)C(=N/c1ccc2ccccc2c1)/c1ccc2ccccc2c1. The first-order valence-corrected chi connectivity index (χ1v) is 9.64. The van der Waals surface area contributed by atoms with E-state index in [9.17, 15) is 0 Å². The molecule has 0 aliphatic rings. The Balaban J connectivity index is 1.89. The van der Waals surface area contributed by atoms with Crippen LogP contribution in [0.3, 0.4) is 0 Å². The fourth-order valence-electron chi connectivity index (χ4n) is 3.50. The van der Waals surface area contributed by atoms with Crippen LogP contribution in [0.25, 0.3) is 21.5 Å². The van der Waals surface area contributed by atoms with Gasteiger partial charge < -0.3 is 0 Å². The summed E-state index contributed by atoms with van der Waals surface area (Å²) >= 11 is 0. The first kappa shape index (κ1) is 17.9. The van der Waals surface area contributed by atoms with Gasteiger partial charge in [0, 0.05) is 5.56 Å². The van der Waals surface area contributed by atoms with Gasteiger partial charge in [-0.15, -0.1) is 0 Å². The van der Waals surface area contributed by atoms with E-state index in [1.807, 2.05) is 6.92 Å². The standard InChI is InChI=1S/C27H23N/c1-3-9-20(4-2)27(25-15-14-21-10-5-7-12-23(21)18-25)28-26-17-16-22-11-6-8-13-24(22)19-26/h3-19H,1-2H3/b9-3-,20-4+,28-27-. The second-order valence-corrected chi connectivity index (χ2v) is 6.80. The summed E-state index contributed by atoms with van der Waals surface area (Å²) in [6.45, 7) is 4.10. The molecular weight excluding hydrogens is 338 g/mol. The highest BCUT2D eigenvalue weighted by atomic mass is 14.7. The second-order valence-electron chi connectivity index (χ2n) is 6.80. The molecule has 4 aromatic carbocycles. The zero-order chi connectivity index (χ0) is 19.3. The van der Waals surface area contributed by atoms with Crippen molar-refractivity contribution < 1.29 is 0 Å². The molecule has 0 radical (unpaired) electrons. The average molecular weight is 361 g/mol. The summed E-state index contributed by atoms with van der Waals surface area (Å²) in [7, 11) is 0. The van der Waals surface area contributed by atoms with E-state index in [1.54, 1.807) is 0 Å². The van der Waals surface area contributed by atoms with Gasteiger partial charge in [0.1, 0.15) is 0 Å². The van der Waals surface area contributed by atoms with Crippen molar-refractivity contribution in [3.63, 3.8) is 0 Å². The van der Waals surface area contributed by atoms with Crippen LogP contribution in [-0.4, -0.2) is 5.71 Å². The minimum atomic E-state index is 0.964. The lowest BCUT2D eigenvalue weighted by atomic mass is 9.98. The molecule has 0 amide bonds. The number of benzene rings is 4. The Labute approximate surface area is 166 Å². The van der Waals surface area contributed by atoms with E-state index >= 15 is 0 Å². The summed E-state index contributed by atoms with van der Waals surface area (Å²) in [5.74, 6) is 0. The Hall–Kier alpha value is -3.45. The first-order chi connectivity index (χ1) is 13.8. The predicted octanol–water partition coefficient (Wildman–Crippen LogP) is 7.64. The highest BCUT2D eigenvalue weighted by Crippen LogP contribution is 2.25. The Morgan fingerprint density at radius 1 is 0.679 bits per heavy atom. The zero-order valence-electron chi connectivity index (χ0n) is 16.3. The van der Waals surface area contributed by atoms with Crippen LogP contribution in [0.4, 0.5) is 5.69 Å². The predicted molar refractivity (Wildman–Crippen MR) is 123 cm³/mol. The molecule has 0 unspecified atom stereocenters. The monoisotopic (exact) mass is 361 g/mol. The number of aliphatic imine (C=N–C) groups is 1. The van der Waals surface area contributed by atoms with Gasteiger partial charge in [-0.05, 0) is 59.2 Å². The molecule has 1 heteroatoms. The van der Waals surface area contributed by atoms with Gasteiger partial charge in [0.15, 0.2) is 0 Å². The van der Waals surface area contributed by atoms with Crippen molar-refractivity contribution in [2.45, 2.75) is 13.8 Å². The van der Waals surface area contributed by atoms with Crippen LogP contribution in [0.5, 0.6) is 0 Å². The van der Waals surface area contributed by atoms with Crippen LogP contribution in [0, 0.1) is 0 Å². The Morgan fingerprint density at radius 3 is 1.93 bits per heavy atom. The van der Waals surface area contributed by atoms with Crippen molar-refractivity contribution in [1.29, 1.82) is 0 Å². The molecule has 0 aliphatic carbocycles. The molecule has 136 valence electrons. The van der Waals surface area contributed by atoms with E-state index in [4.69, 9.17) is 4.99 Å². The Kier molecular flexibility index (Phi) is 5.16. The first-order valence-electron chi connectivity index (χ1n) is 9.64. The van der Waals surface area contributed by atoms with Gasteiger partial charge in [-0.2, -0.15) is 0 Å². The summed E-state index contributed by atoms with van der Waals surface area (Å²) in [6, 6.07) is 29.8. The highest BCUT2D eigenvalue weighted by Gasteiger charge is 2.09. The molecular formula is C27H23N. The number of fused-ring (bicyclic) bond motifs is 2. The van der Waals surface area contributed by atoms with Crippen LogP contribution in [0.2, 0.25) is 0 Å². The zero-order valence-corrected chi connectivity index (χ0v) is 16.3. The molecule has 0 aromatic heterocycles. The number of hydrogen-bond donors (Lipinski definition) is 0. The lowest BCUT2D eigenvalue weighted by Gasteiger charge is -2.10. The van der Waals surface area contributed by atoms with E-state index in [2.05, 4.69) is 110 Å². The topological polar surface area (TPSA) is 12.4 Å². The Bertz CT molecular complexity index is 1230. The number of rotatable bonds is 4. The molecule has 0 aliphatic heterocycles. The van der Waals surface area contributed by atoms with Crippen LogP contribution >= 0.6 is 0 Å². The molecule has 0 heterocycles. The van der Waals surface area contributed by atoms with Gasteiger partial charge in [0.05, 0.1) is 11.4 Å². The van der Waals surface area contributed by atoms with E-state index in [1.165, 1.54) is 21.5 Å². The van der Waals surface area contributed by atoms with Crippen molar-refractivity contribution in [3.05, 3.63) is 114 Å². The van der Waals surface area contributed by atoms with Gasteiger partial charge >= 0.3 is 0 Å². The number of hydrogen-bond acceptors (Lipinski definition) is 1. The minimum absolute atomic E-state index is 0.964. The molecule has 4 aromatic rings. The lowest BCUT2D eigenvalue weighted by molar-refractivity contribution is 1.49. The van der Waals surface area contributed by atoms with E-state index in [0.717, 1.165) is 22.5 Å². The summed E-state index contributed by atoms with van der Waals surface area (Å²) in [6.07, 6.45) is 6.30. The minimum Gasteiger partial charge on any atom is -0.248 e. The molecule has 0 saturated carbocycles. The van der Waals surface area contributed by atoms with Crippen LogP contribution in [0.15, 0.2) is 114 Å². The molecule has 0 N–H and O–H groups in total. The maximum absolute atomic E-state index is 5.07. The second kappa shape index (κ2) is 8.06. The Morgan fingerprint density at radius 2 is 1.29 bits per heavy atom. The van der Waals surface area contributed by atoms with Crippen molar-refractivity contribution in [1.82, 2.24) is 0 Å². The number of nitrogens with zero attached hydrogens (tertiary/aromatic N) is 1. The molecule has 0 fully saturated rings. The smallest absolute Gasteiger partial charge is 0.0778 e. The summed E-state index contributed by atoms with van der Waals surface area (Å²) < 4.78 is 0. The van der Waals surface area contributed by atoms with E-state index in [0.29, 0.717) is 0 Å². The third kappa shape index (κ3) is 3.65. The third-order valence-corrected chi connectivity index (χ3v) is 4.93. The van der Waals surface area contributed by atoms with Crippen molar-refractivity contribution in [2.75, 3.05) is 0 Å². The maximum atomic E-state index is 5.07. The molecule has 0 saturated heterocycles. The maximum Gasteiger partial charge on any atom is 0.0778 e. The van der Waals surface area contributed by atoms with E-state index in [-0.39, 0.29) is 0 Å². The van der Waals surface area contributed by atoms with Crippen molar-refractivity contribution in [3.8, 4) is 0 Å². The highest BCUT2D eigenvalue weighted by molar-refractivity contribution is 6.16. The normalized spacial score (nSPS) is 12.9. The fourth-order valence-corrected chi connectivity index (χ4v) is 3.50. The van der Waals surface area contributed by atoms with Crippen LogP contribution in [0.1, 0.15) is 19.4 Å². The molecule has 4 rings (SSSR count). The molecule has 0 bridgehead atoms. The quantitative estimate of drug-likeness (QED) is 0.262. The van der Waals surface area contributed by atoms with Crippen LogP contribution in [-0.2, 0) is 0 Å². The summed E-state index contributed by atoms with van der Waals surface area (Å²) in [5.41, 5.74) is 4.19. The van der Waals surface area contributed by atoms with Gasteiger partial charge in [-0.25, -0.2) is 4.99 Å². The molecule has 28 heavy (non-hydrogen) atoms.